The molecule has 0 N–H and O–H groups in total. The first-order chi connectivity index (χ1) is 39.0. The highest BCUT2D eigenvalue weighted by Crippen LogP contribution is 2.18. The number of esters is 3. The molecule has 0 heterocycles. The maximum atomic E-state index is 13.0. The maximum absolute atomic E-state index is 13.0. The van der Waals surface area contributed by atoms with E-state index >= 15 is 0 Å². The second-order valence-corrected chi connectivity index (χ2v) is 24.1. The topological polar surface area (TPSA) is 78.9 Å². The molecule has 0 aromatic carbocycles. The summed E-state index contributed by atoms with van der Waals surface area (Å²) in [7, 11) is 0. The third kappa shape index (κ3) is 66.3. The first-order valence-corrected chi connectivity index (χ1v) is 35.5. The second-order valence-electron chi connectivity index (χ2n) is 24.1. The molecule has 0 aromatic heterocycles. The van der Waals surface area contributed by atoms with Crippen molar-refractivity contribution >= 4 is 17.9 Å². The maximum Gasteiger partial charge on any atom is 0.306 e. The summed E-state index contributed by atoms with van der Waals surface area (Å²) in [5.74, 6) is -0.849. The summed E-state index contributed by atoms with van der Waals surface area (Å²) in [6.07, 6.45) is 84.5. The molecule has 464 valence electrons. The third-order valence-corrected chi connectivity index (χ3v) is 16.1. The molecule has 0 radical (unpaired) electrons. The van der Waals surface area contributed by atoms with E-state index in [1.807, 2.05) is 0 Å². The van der Waals surface area contributed by atoms with E-state index in [0.717, 1.165) is 70.6 Å². The molecular weight excluding hydrogens is 973 g/mol. The Bertz CT molecular complexity index is 1320. The van der Waals surface area contributed by atoms with Crippen LogP contribution in [0.2, 0.25) is 0 Å². The Balaban J connectivity index is 4.28. The number of rotatable bonds is 66. The number of carbonyl (C=O) groups is 3. The van der Waals surface area contributed by atoms with Crippen LogP contribution in [0.1, 0.15) is 393 Å². The van der Waals surface area contributed by atoms with Gasteiger partial charge in [0.15, 0.2) is 6.10 Å². The lowest BCUT2D eigenvalue weighted by Gasteiger charge is -2.18. The first kappa shape index (κ1) is 76.6. The van der Waals surface area contributed by atoms with Crippen LogP contribution in [-0.4, -0.2) is 37.2 Å². The van der Waals surface area contributed by atoms with E-state index in [1.165, 1.54) is 283 Å². The Hall–Kier alpha value is -2.37. The van der Waals surface area contributed by atoms with Crippen molar-refractivity contribution < 1.29 is 28.6 Å². The summed E-state index contributed by atoms with van der Waals surface area (Å²) >= 11 is 0. The van der Waals surface area contributed by atoms with Gasteiger partial charge in [-0.1, -0.05) is 333 Å². The molecule has 6 nitrogen and oxygen atoms in total. The van der Waals surface area contributed by atoms with Crippen molar-refractivity contribution in [2.75, 3.05) is 13.2 Å². The van der Waals surface area contributed by atoms with Gasteiger partial charge in [0.2, 0.25) is 0 Å². The number of unbranched alkanes of at least 4 members (excludes halogenated alkanes) is 49. The molecule has 0 aliphatic rings. The Kier molecular flexibility index (Phi) is 66.1. The fourth-order valence-corrected chi connectivity index (χ4v) is 10.8. The van der Waals surface area contributed by atoms with Crippen molar-refractivity contribution in [2.45, 2.75) is 399 Å². The lowest BCUT2D eigenvalue weighted by molar-refractivity contribution is -0.167. The molecule has 0 saturated heterocycles. The number of ether oxygens (including phenoxy) is 3. The van der Waals surface area contributed by atoms with Crippen molar-refractivity contribution in [3.05, 3.63) is 36.5 Å². The molecule has 1 unspecified atom stereocenters. The van der Waals surface area contributed by atoms with Crippen molar-refractivity contribution in [3.8, 4) is 0 Å². The van der Waals surface area contributed by atoms with Gasteiger partial charge < -0.3 is 14.2 Å². The number of carbonyl (C=O) groups excluding carboxylic acids is 3. The Labute approximate surface area is 493 Å². The van der Waals surface area contributed by atoms with Crippen LogP contribution in [0.4, 0.5) is 0 Å². The first-order valence-electron chi connectivity index (χ1n) is 35.5. The van der Waals surface area contributed by atoms with Crippen LogP contribution >= 0.6 is 0 Å². The molecule has 0 aromatic rings. The van der Waals surface area contributed by atoms with E-state index in [1.54, 1.807) is 0 Å². The molecule has 0 aliphatic heterocycles. The van der Waals surface area contributed by atoms with E-state index in [-0.39, 0.29) is 31.1 Å². The number of hydrogen-bond donors (Lipinski definition) is 0. The van der Waals surface area contributed by atoms with Crippen LogP contribution in [0.15, 0.2) is 36.5 Å². The van der Waals surface area contributed by atoms with Gasteiger partial charge in [-0.25, -0.2) is 0 Å². The van der Waals surface area contributed by atoms with Crippen molar-refractivity contribution in [1.82, 2.24) is 0 Å². The molecule has 0 bridgehead atoms. The molecule has 0 fully saturated rings. The smallest absolute Gasteiger partial charge is 0.306 e. The molecule has 1 atom stereocenters. The van der Waals surface area contributed by atoms with Gasteiger partial charge in [-0.05, 0) is 77.0 Å². The van der Waals surface area contributed by atoms with Crippen LogP contribution < -0.4 is 0 Å². The molecule has 6 heteroatoms. The fraction of sp³-hybridized carbons (Fsp3) is 0.877. The molecule has 79 heavy (non-hydrogen) atoms. The van der Waals surface area contributed by atoms with E-state index in [9.17, 15) is 14.4 Å². The minimum absolute atomic E-state index is 0.0700. The Morgan fingerprint density at radius 1 is 0.253 bits per heavy atom. The number of allylic oxidation sites excluding steroid dienone is 6. The molecule has 0 aliphatic carbocycles. The van der Waals surface area contributed by atoms with Gasteiger partial charge in [0.1, 0.15) is 13.2 Å². The zero-order valence-corrected chi connectivity index (χ0v) is 53.4. The third-order valence-electron chi connectivity index (χ3n) is 16.1. The molecule has 0 amide bonds. The van der Waals surface area contributed by atoms with Gasteiger partial charge in [0.05, 0.1) is 0 Å². The monoisotopic (exact) mass is 1110 g/mol. The van der Waals surface area contributed by atoms with Gasteiger partial charge >= 0.3 is 17.9 Å². The average molecular weight is 1110 g/mol. The van der Waals surface area contributed by atoms with Crippen LogP contribution in [0.5, 0.6) is 0 Å². The van der Waals surface area contributed by atoms with Crippen molar-refractivity contribution in [3.63, 3.8) is 0 Å². The van der Waals surface area contributed by atoms with Crippen LogP contribution in [-0.2, 0) is 28.6 Å². The molecule has 0 saturated carbocycles. The van der Waals surface area contributed by atoms with E-state index in [2.05, 4.69) is 57.2 Å². The minimum Gasteiger partial charge on any atom is -0.462 e. The van der Waals surface area contributed by atoms with Gasteiger partial charge in [-0.15, -0.1) is 0 Å². The fourth-order valence-electron chi connectivity index (χ4n) is 10.8. The summed E-state index contributed by atoms with van der Waals surface area (Å²) < 4.78 is 17.0. The van der Waals surface area contributed by atoms with Crippen LogP contribution in [0.3, 0.4) is 0 Å². The van der Waals surface area contributed by atoms with Gasteiger partial charge in [0, 0.05) is 19.3 Å². The standard InChI is InChI=1S/C73H136O6/c1-4-7-10-13-16-19-22-25-28-31-33-35-36-37-38-39-41-42-45-48-51-54-57-60-63-66-72(75)78-69-70(68-77-71(74)65-62-59-56-53-50-47-44-30-27-24-21-18-15-12-9-6-3)79-73(76)67-64-61-58-55-52-49-46-43-40-34-32-29-26-23-20-17-14-11-8-5-2/h22,25,30-31,33,44,70H,4-21,23-24,26-29,32,34-43,45-69H2,1-3H3/b25-22-,33-31-,44-30-. The van der Waals surface area contributed by atoms with E-state index in [0.29, 0.717) is 19.3 Å². The molecular formula is C73H136O6. The summed E-state index contributed by atoms with van der Waals surface area (Å²) in [6, 6.07) is 0. The van der Waals surface area contributed by atoms with Crippen LogP contribution in [0.25, 0.3) is 0 Å². The predicted molar refractivity (Wildman–Crippen MR) is 344 cm³/mol. The van der Waals surface area contributed by atoms with Gasteiger partial charge in [-0.3, -0.25) is 14.4 Å². The lowest BCUT2D eigenvalue weighted by Crippen LogP contribution is -2.30. The van der Waals surface area contributed by atoms with E-state index < -0.39 is 6.10 Å². The van der Waals surface area contributed by atoms with Gasteiger partial charge in [-0.2, -0.15) is 0 Å². The Morgan fingerprint density at radius 2 is 0.456 bits per heavy atom. The summed E-state index contributed by atoms with van der Waals surface area (Å²) in [5, 5.41) is 0. The van der Waals surface area contributed by atoms with E-state index in [4.69, 9.17) is 14.2 Å². The van der Waals surface area contributed by atoms with Crippen molar-refractivity contribution in [1.29, 1.82) is 0 Å². The SMILES string of the molecule is CCCCCCC/C=C\C/C=C\CCCCCCCCCCCCCCCC(=O)OCC(COC(=O)CCCCCCC/C=C\CCCCCCCCC)OC(=O)CCCCCCCCCCCCCCCCCCCCCC. The largest absolute Gasteiger partial charge is 0.462 e. The Morgan fingerprint density at radius 3 is 0.709 bits per heavy atom. The highest BCUT2D eigenvalue weighted by molar-refractivity contribution is 5.71. The molecule has 0 spiro atoms. The highest BCUT2D eigenvalue weighted by atomic mass is 16.6. The second kappa shape index (κ2) is 68.1. The summed E-state index contributed by atoms with van der Waals surface area (Å²) in [6.45, 7) is 6.70. The number of hydrogen-bond acceptors (Lipinski definition) is 6. The van der Waals surface area contributed by atoms with Gasteiger partial charge in [0.25, 0.3) is 0 Å². The lowest BCUT2D eigenvalue weighted by atomic mass is 10.0. The quantitative estimate of drug-likeness (QED) is 0.0261. The zero-order valence-electron chi connectivity index (χ0n) is 53.4. The predicted octanol–water partition coefficient (Wildman–Crippen LogP) is 24.3. The average Bonchev–Trinajstić information content (AvgIpc) is 3.45. The highest BCUT2D eigenvalue weighted by Gasteiger charge is 2.19. The zero-order chi connectivity index (χ0) is 57.1. The normalized spacial score (nSPS) is 12.2. The molecule has 0 rings (SSSR count). The summed E-state index contributed by atoms with van der Waals surface area (Å²) in [4.78, 5) is 38.5. The van der Waals surface area contributed by atoms with Crippen molar-refractivity contribution in [2.24, 2.45) is 0 Å². The van der Waals surface area contributed by atoms with Crippen LogP contribution in [0, 0.1) is 0 Å². The minimum atomic E-state index is -0.774. The summed E-state index contributed by atoms with van der Waals surface area (Å²) in [5.41, 5.74) is 0.